The van der Waals surface area contributed by atoms with Crippen molar-refractivity contribution in [1.29, 1.82) is 0 Å². The Labute approximate surface area is 155 Å². The summed E-state index contributed by atoms with van der Waals surface area (Å²) in [5.74, 6) is 1.67. The molecule has 25 heavy (non-hydrogen) atoms. The van der Waals surface area contributed by atoms with Gasteiger partial charge in [-0.2, -0.15) is 0 Å². The average molecular weight is 399 g/mol. The topological polar surface area (TPSA) is 50.3 Å². The molecule has 1 aliphatic heterocycles. The van der Waals surface area contributed by atoms with Crippen molar-refractivity contribution in [3.63, 3.8) is 0 Å². The maximum absolute atomic E-state index is 5.42. The van der Waals surface area contributed by atoms with Gasteiger partial charge in [0.2, 0.25) is 0 Å². The molecule has 0 spiro atoms. The molecule has 128 valence electrons. The number of anilines is 2. The van der Waals surface area contributed by atoms with Gasteiger partial charge in [-0.15, -0.1) is 0 Å². The van der Waals surface area contributed by atoms with Gasteiger partial charge in [-0.25, -0.2) is 9.97 Å². The molecular formula is C19H19BrN4O. The van der Waals surface area contributed by atoms with E-state index in [2.05, 4.69) is 26.1 Å². The normalized spacial score (nSPS) is 15.4. The third kappa shape index (κ3) is 3.98. The second-order valence-corrected chi connectivity index (χ2v) is 6.95. The molecule has 0 atom stereocenters. The van der Waals surface area contributed by atoms with Crippen molar-refractivity contribution in [2.75, 3.05) is 31.6 Å². The van der Waals surface area contributed by atoms with Crippen LogP contribution < -0.4 is 5.32 Å². The van der Waals surface area contributed by atoms with E-state index in [9.17, 15) is 0 Å². The number of halogens is 1. The molecule has 1 fully saturated rings. The molecule has 6 heteroatoms. The van der Waals surface area contributed by atoms with Crippen LogP contribution in [-0.2, 0) is 11.3 Å². The highest BCUT2D eigenvalue weighted by Gasteiger charge is 2.14. The molecule has 0 bridgehead atoms. The van der Waals surface area contributed by atoms with Crippen LogP contribution in [0.3, 0.4) is 0 Å². The zero-order valence-electron chi connectivity index (χ0n) is 13.8. The Kier molecular flexibility index (Phi) is 4.92. The maximum atomic E-state index is 5.42. The second kappa shape index (κ2) is 7.47. The summed E-state index contributed by atoms with van der Waals surface area (Å²) in [7, 11) is 0. The first-order chi connectivity index (χ1) is 12.3. The molecule has 1 aromatic heterocycles. The summed E-state index contributed by atoms with van der Waals surface area (Å²) in [6, 6.07) is 16.2. The Morgan fingerprint density at radius 3 is 2.72 bits per heavy atom. The van der Waals surface area contributed by atoms with E-state index >= 15 is 0 Å². The van der Waals surface area contributed by atoms with Crippen molar-refractivity contribution in [3.05, 3.63) is 58.8 Å². The number of rotatable bonds is 4. The Hall–Kier alpha value is -2.02. The van der Waals surface area contributed by atoms with Gasteiger partial charge in [-0.05, 0) is 30.3 Å². The monoisotopic (exact) mass is 398 g/mol. The number of hydrogen-bond acceptors (Lipinski definition) is 5. The van der Waals surface area contributed by atoms with Crippen molar-refractivity contribution >= 4 is 38.3 Å². The lowest BCUT2D eigenvalue weighted by atomic mass is 10.2. The van der Waals surface area contributed by atoms with Gasteiger partial charge >= 0.3 is 0 Å². The fourth-order valence-corrected chi connectivity index (χ4v) is 3.35. The first-order valence-electron chi connectivity index (χ1n) is 8.36. The van der Waals surface area contributed by atoms with Gasteiger partial charge in [0.05, 0.1) is 25.3 Å². The first kappa shape index (κ1) is 16.4. The summed E-state index contributed by atoms with van der Waals surface area (Å²) >= 11 is 3.51. The van der Waals surface area contributed by atoms with Crippen molar-refractivity contribution < 1.29 is 4.74 Å². The number of hydrogen-bond donors (Lipinski definition) is 1. The van der Waals surface area contributed by atoms with E-state index in [4.69, 9.17) is 14.7 Å². The fourth-order valence-electron chi connectivity index (χ4n) is 2.95. The predicted octanol–water partition coefficient (Wildman–Crippen LogP) is 3.97. The summed E-state index contributed by atoms with van der Waals surface area (Å²) in [6.45, 7) is 4.13. The lowest BCUT2D eigenvalue weighted by molar-refractivity contribution is 0.0331. The zero-order valence-corrected chi connectivity index (χ0v) is 15.4. The molecule has 1 aliphatic rings. The minimum absolute atomic E-state index is 0.737. The molecule has 0 amide bonds. The van der Waals surface area contributed by atoms with Crippen molar-refractivity contribution in [2.45, 2.75) is 6.54 Å². The van der Waals surface area contributed by atoms with Crippen LogP contribution in [0.25, 0.3) is 10.9 Å². The predicted molar refractivity (Wildman–Crippen MR) is 103 cm³/mol. The summed E-state index contributed by atoms with van der Waals surface area (Å²) in [5, 5.41) is 4.46. The molecule has 1 saturated heterocycles. The molecule has 0 aliphatic carbocycles. The van der Waals surface area contributed by atoms with E-state index in [1.807, 2.05) is 48.5 Å². The molecule has 4 rings (SSSR count). The zero-order chi connectivity index (χ0) is 17.1. The van der Waals surface area contributed by atoms with Gasteiger partial charge in [0.25, 0.3) is 0 Å². The van der Waals surface area contributed by atoms with Crippen LogP contribution in [0.2, 0.25) is 0 Å². The van der Waals surface area contributed by atoms with E-state index in [-0.39, 0.29) is 0 Å². The molecule has 2 heterocycles. The van der Waals surface area contributed by atoms with Gasteiger partial charge < -0.3 is 10.1 Å². The Morgan fingerprint density at radius 2 is 1.88 bits per heavy atom. The van der Waals surface area contributed by atoms with Crippen LogP contribution in [0.5, 0.6) is 0 Å². The molecule has 2 aromatic carbocycles. The highest BCUT2D eigenvalue weighted by molar-refractivity contribution is 9.10. The van der Waals surface area contributed by atoms with Gasteiger partial charge in [0.1, 0.15) is 11.6 Å². The number of nitrogens with one attached hydrogen (secondary N) is 1. The van der Waals surface area contributed by atoms with Crippen LogP contribution in [0, 0.1) is 0 Å². The number of benzene rings is 2. The van der Waals surface area contributed by atoms with Gasteiger partial charge in [0.15, 0.2) is 0 Å². The minimum Gasteiger partial charge on any atom is -0.379 e. The molecule has 3 aromatic rings. The third-order valence-corrected chi connectivity index (χ3v) is 4.70. The summed E-state index contributed by atoms with van der Waals surface area (Å²) in [5.41, 5.74) is 1.95. The van der Waals surface area contributed by atoms with Crippen molar-refractivity contribution in [3.8, 4) is 0 Å². The standard InChI is InChI=1S/C19H19BrN4O/c20-14-4-3-5-15(12-14)21-19-16-6-1-2-7-17(16)22-18(23-19)13-24-8-10-25-11-9-24/h1-7,12H,8-11,13H2,(H,21,22,23). The van der Waals surface area contributed by atoms with E-state index in [0.29, 0.717) is 0 Å². The number of morpholine rings is 1. The van der Waals surface area contributed by atoms with Crippen molar-refractivity contribution in [2.24, 2.45) is 0 Å². The van der Waals surface area contributed by atoms with E-state index < -0.39 is 0 Å². The lowest BCUT2D eigenvalue weighted by Gasteiger charge is -2.26. The van der Waals surface area contributed by atoms with Crippen LogP contribution in [-0.4, -0.2) is 41.2 Å². The molecule has 0 radical (unpaired) electrons. The quantitative estimate of drug-likeness (QED) is 0.720. The summed E-state index contributed by atoms with van der Waals surface area (Å²) in [4.78, 5) is 11.9. The number of para-hydroxylation sites is 1. The smallest absolute Gasteiger partial charge is 0.145 e. The van der Waals surface area contributed by atoms with Crippen LogP contribution in [0.1, 0.15) is 5.82 Å². The first-order valence-corrected chi connectivity index (χ1v) is 9.15. The summed E-state index contributed by atoms with van der Waals surface area (Å²) < 4.78 is 6.45. The molecule has 0 unspecified atom stereocenters. The Bertz CT molecular complexity index is 880. The Morgan fingerprint density at radius 1 is 1.04 bits per heavy atom. The number of fused-ring (bicyclic) bond motifs is 1. The van der Waals surface area contributed by atoms with E-state index in [1.165, 1.54) is 0 Å². The van der Waals surface area contributed by atoms with Crippen LogP contribution in [0.15, 0.2) is 53.0 Å². The number of nitrogens with zero attached hydrogens (tertiary/aromatic N) is 3. The van der Waals surface area contributed by atoms with Crippen molar-refractivity contribution in [1.82, 2.24) is 14.9 Å². The highest BCUT2D eigenvalue weighted by atomic mass is 79.9. The highest BCUT2D eigenvalue weighted by Crippen LogP contribution is 2.25. The van der Waals surface area contributed by atoms with Crippen LogP contribution in [0.4, 0.5) is 11.5 Å². The maximum Gasteiger partial charge on any atom is 0.145 e. The lowest BCUT2D eigenvalue weighted by Crippen LogP contribution is -2.36. The fraction of sp³-hybridized carbons (Fsp3) is 0.263. The summed E-state index contributed by atoms with van der Waals surface area (Å²) in [6.07, 6.45) is 0. The minimum atomic E-state index is 0.737. The third-order valence-electron chi connectivity index (χ3n) is 4.21. The SMILES string of the molecule is Brc1cccc(Nc2nc(CN3CCOCC3)nc3ccccc23)c1. The van der Waals surface area contributed by atoms with Gasteiger partial charge in [-0.3, -0.25) is 4.90 Å². The molecule has 0 saturated carbocycles. The van der Waals surface area contributed by atoms with Gasteiger partial charge in [-0.1, -0.05) is 34.1 Å². The largest absolute Gasteiger partial charge is 0.379 e. The number of aromatic nitrogens is 2. The van der Waals surface area contributed by atoms with Gasteiger partial charge in [0, 0.05) is 28.6 Å². The average Bonchev–Trinajstić information content (AvgIpc) is 2.63. The number of ether oxygens (including phenoxy) is 1. The van der Waals surface area contributed by atoms with E-state index in [1.54, 1.807) is 0 Å². The molecule has 5 nitrogen and oxygen atoms in total. The molecule has 1 N–H and O–H groups in total. The van der Waals surface area contributed by atoms with E-state index in [0.717, 1.165) is 65.6 Å². The molecular weight excluding hydrogens is 380 g/mol. The second-order valence-electron chi connectivity index (χ2n) is 6.03. The Balaban J connectivity index is 1.68. The van der Waals surface area contributed by atoms with Crippen LogP contribution >= 0.6 is 15.9 Å².